The quantitative estimate of drug-likeness (QED) is 0.706. The van der Waals surface area contributed by atoms with Crippen LogP contribution in [0.3, 0.4) is 0 Å². The molecule has 1 rings (SSSR count). The zero-order valence-electron chi connectivity index (χ0n) is 11.9. The van der Waals surface area contributed by atoms with Gasteiger partial charge in [-0.3, -0.25) is 0 Å². The van der Waals surface area contributed by atoms with Crippen LogP contribution in [0.1, 0.15) is 32.5 Å². The van der Waals surface area contributed by atoms with Crippen molar-refractivity contribution >= 4 is 24.8 Å². The average molecular weight is 333 g/mol. The molecule has 1 heterocycles. The van der Waals surface area contributed by atoms with Crippen molar-refractivity contribution in [3.63, 3.8) is 0 Å². The number of nitrogens with zero attached hydrogens (tertiary/aromatic N) is 3. The molecule has 0 radical (unpaired) electrons. The maximum Gasteiger partial charge on any atom is 0.333 e. The SMILES string of the molecule is CCN(CC)CCCNCc1ccnn1C(F)F.Cl.Cl. The fourth-order valence-corrected chi connectivity index (χ4v) is 1.84. The van der Waals surface area contributed by atoms with Crippen LogP contribution < -0.4 is 5.32 Å². The van der Waals surface area contributed by atoms with Crippen molar-refractivity contribution in [3.8, 4) is 0 Å². The van der Waals surface area contributed by atoms with Crippen molar-refractivity contribution in [1.82, 2.24) is 20.0 Å². The van der Waals surface area contributed by atoms with Gasteiger partial charge in [0.1, 0.15) is 0 Å². The molecule has 4 nitrogen and oxygen atoms in total. The first-order valence-corrected chi connectivity index (χ1v) is 6.42. The molecule has 0 aromatic carbocycles. The van der Waals surface area contributed by atoms with E-state index in [0.29, 0.717) is 12.2 Å². The van der Waals surface area contributed by atoms with Crippen molar-refractivity contribution in [2.75, 3.05) is 26.2 Å². The van der Waals surface area contributed by atoms with E-state index in [-0.39, 0.29) is 24.8 Å². The molecule has 0 aliphatic rings. The van der Waals surface area contributed by atoms with Crippen LogP contribution in [0.4, 0.5) is 8.78 Å². The molecule has 1 aromatic rings. The van der Waals surface area contributed by atoms with Gasteiger partial charge < -0.3 is 10.2 Å². The van der Waals surface area contributed by atoms with E-state index in [2.05, 4.69) is 29.2 Å². The Morgan fingerprint density at radius 2 is 1.95 bits per heavy atom. The zero-order valence-corrected chi connectivity index (χ0v) is 13.5. The maximum atomic E-state index is 12.5. The molecule has 1 N–H and O–H groups in total. The van der Waals surface area contributed by atoms with Crippen molar-refractivity contribution in [2.24, 2.45) is 0 Å². The number of halogens is 4. The molecule has 0 amide bonds. The van der Waals surface area contributed by atoms with E-state index in [1.807, 2.05) is 0 Å². The Hall–Kier alpha value is -0.430. The first-order chi connectivity index (χ1) is 8.69. The van der Waals surface area contributed by atoms with Crippen LogP contribution in [0.25, 0.3) is 0 Å². The summed E-state index contributed by atoms with van der Waals surface area (Å²) in [7, 11) is 0. The molecule has 0 bridgehead atoms. The second-order valence-corrected chi connectivity index (χ2v) is 4.10. The number of nitrogens with one attached hydrogen (secondary N) is 1. The van der Waals surface area contributed by atoms with Crippen molar-refractivity contribution < 1.29 is 8.78 Å². The molecule has 0 aliphatic carbocycles. The van der Waals surface area contributed by atoms with E-state index < -0.39 is 6.55 Å². The monoisotopic (exact) mass is 332 g/mol. The first kappa shape index (κ1) is 21.9. The molecular formula is C12H24Cl2F2N4. The van der Waals surface area contributed by atoms with Crippen LogP contribution in [-0.4, -0.2) is 40.9 Å². The van der Waals surface area contributed by atoms with Gasteiger partial charge in [-0.05, 0) is 38.7 Å². The molecule has 20 heavy (non-hydrogen) atoms. The molecule has 8 heteroatoms. The van der Waals surface area contributed by atoms with Gasteiger partial charge in [0.2, 0.25) is 0 Å². The summed E-state index contributed by atoms with van der Waals surface area (Å²) in [4.78, 5) is 2.34. The third kappa shape index (κ3) is 7.38. The Kier molecular flexibility index (Phi) is 13.5. The van der Waals surface area contributed by atoms with E-state index >= 15 is 0 Å². The molecule has 0 atom stereocenters. The number of alkyl halides is 2. The highest BCUT2D eigenvalue weighted by atomic mass is 35.5. The van der Waals surface area contributed by atoms with E-state index in [1.165, 1.54) is 6.20 Å². The number of rotatable bonds is 9. The largest absolute Gasteiger partial charge is 0.333 e. The zero-order chi connectivity index (χ0) is 13.4. The van der Waals surface area contributed by atoms with Gasteiger partial charge >= 0.3 is 6.55 Å². The van der Waals surface area contributed by atoms with Crippen LogP contribution in [0.5, 0.6) is 0 Å². The molecule has 0 aliphatic heterocycles. The van der Waals surface area contributed by atoms with Gasteiger partial charge in [-0.15, -0.1) is 24.8 Å². The average Bonchev–Trinajstić information content (AvgIpc) is 2.82. The molecule has 0 saturated heterocycles. The first-order valence-electron chi connectivity index (χ1n) is 6.42. The standard InChI is InChI=1S/C12H22F2N4.2ClH/c1-3-17(4-2)9-5-7-15-10-11-6-8-16-18(11)12(13)14;;/h6,8,12,15H,3-5,7,9-10H2,1-2H3;2*1H. The highest BCUT2D eigenvalue weighted by Crippen LogP contribution is 2.11. The summed E-state index contributed by atoms with van der Waals surface area (Å²) >= 11 is 0. The van der Waals surface area contributed by atoms with Crippen molar-refractivity contribution in [2.45, 2.75) is 33.4 Å². The Morgan fingerprint density at radius 1 is 1.30 bits per heavy atom. The number of hydrogen-bond donors (Lipinski definition) is 1. The summed E-state index contributed by atoms with van der Waals surface area (Å²) in [5.41, 5.74) is 0.521. The lowest BCUT2D eigenvalue weighted by Crippen LogP contribution is -2.27. The highest BCUT2D eigenvalue weighted by molar-refractivity contribution is 5.85. The van der Waals surface area contributed by atoms with Crippen LogP contribution in [0, 0.1) is 0 Å². The Labute approximate surface area is 131 Å². The third-order valence-corrected chi connectivity index (χ3v) is 2.97. The van der Waals surface area contributed by atoms with Crippen LogP contribution >= 0.6 is 24.8 Å². The maximum absolute atomic E-state index is 12.5. The smallest absolute Gasteiger partial charge is 0.311 e. The summed E-state index contributed by atoms with van der Waals surface area (Å²) < 4.78 is 25.7. The summed E-state index contributed by atoms with van der Waals surface area (Å²) in [6.45, 7) is 6.11. The van der Waals surface area contributed by atoms with Crippen molar-refractivity contribution in [3.05, 3.63) is 18.0 Å². The van der Waals surface area contributed by atoms with E-state index in [0.717, 1.165) is 37.3 Å². The fraction of sp³-hybridized carbons (Fsp3) is 0.750. The van der Waals surface area contributed by atoms with E-state index in [9.17, 15) is 8.78 Å². The predicted molar refractivity (Wildman–Crippen MR) is 82.1 cm³/mol. The lowest BCUT2D eigenvalue weighted by Gasteiger charge is -2.17. The predicted octanol–water partition coefficient (Wildman–Crippen LogP) is 2.94. The lowest BCUT2D eigenvalue weighted by molar-refractivity contribution is 0.0531. The normalized spacial score (nSPS) is 10.5. The molecule has 1 aromatic heterocycles. The van der Waals surface area contributed by atoms with Gasteiger partial charge in [0, 0.05) is 12.7 Å². The van der Waals surface area contributed by atoms with Crippen LogP contribution in [0.2, 0.25) is 0 Å². The number of aromatic nitrogens is 2. The molecule has 120 valence electrons. The van der Waals surface area contributed by atoms with Crippen LogP contribution in [-0.2, 0) is 6.54 Å². The van der Waals surface area contributed by atoms with Gasteiger partial charge in [-0.2, -0.15) is 13.9 Å². The minimum Gasteiger partial charge on any atom is -0.311 e. The fourth-order valence-electron chi connectivity index (χ4n) is 1.84. The molecule has 0 spiro atoms. The van der Waals surface area contributed by atoms with Gasteiger partial charge in [-0.1, -0.05) is 13.8 Å². The van der Waals surface area contributed by atoms with Crippen molar-refractivity contribution in [1.29, 1.82) is 0 Å². The third-order valence-electron chi connectivity index (χ3n) is 2.97. The Balaban J connectivity index is 0. The van der Waals surface area contributed by atoms with E-state index in [1.54, 1.807) is 6.07 Å². The second-order valence-electron chi connectivity index (χ2n) is 4.10. The summed E-state index contributed by atoms with van der Waals surface area (Å²) in [5, 5.41) is 6.75. The van der Waals surface area contributed by atoms with Gasteiger partial charge in [0.25, 0.3) is 0 Å². The Bertz CT molecular complexity index is 333. The minimum absolute atomic E-state index is 0. The van der Waals surface area contributed by atoms with Gasteiger partial charge in [0.05, 0.1) is 5.69 Å². The minimum atomic E-state index is -2.56. The lowest BCUT2D eigenvalue weighted by atomic mass is 10.3. The molecule has 0 fully saturated rings. The van der Waals surface area contributed by atoms with E-state index in [4.69, 9.17) is 0 Å². The highest BCUT2D eigenvalue weighted by Gasteiger charge is 2.10. The summed E-state index contributed by atoms with van der Waals surface area (Å²) in [6, 6.07) is 1.61. The van der Waals surface area contributed by atoms with Gasteiger partial charge in [0.15, 0.2) is 0 Å². The summed E-state index contributed by atoms with van der Waals surface area (Å²) in [5.74, 6) is 0. The summed E-state index contributed by atoms with van der Waals surface area (Å²) in [6.07, 6.45) is 2.42. The molecule has 0 unspecified atom stereocenters. The number of hydrogen-bond acceptors (Lipinski definition) is 3. The van der Waals surface area contributed by atoms with Crippen LogP contribution in [0.15, 0.2) is 12.3 Å². The Morgan fingerprint density at radius 3 is 2.50 bits per heavy atom. The topological polar surface area (TPSA) is 33.1 Å². The van der Waals surface area contributed by atoms with Gasteiger partial charge in [-0.25, -0.2) is 4.68 Å². The molecular weight excluding hydrogens is 309 g/mol. The molecule has 0 saturated carbocycles. The second kappa shape index (κ2) is 12.3.